The van der Waals surface area contributed by atoms with Crippen LogP contribution in [0.1, 0.15) is 31.4 Å². The lowest BCUT2D eigenvalue weighted by Crippen LogP contribution is -2.15. The van der Waals surface area contributed by atoms with Gasteiger partial charge < -0.3 is 5.32 Å². The summed E-state index contributed by atoms with van der Waals surface area (Å²) in [6.07, 6.45) is 2.46. The molecule has 1 N–H and O–H groups in total. The van der Waals surface area contributed by atoms with Crippen molar-refractivity contribution in [2.24, 2.45) is 0 Å². The first kappa shape index (κ1) is 10.5. The molecule has 1 heterocycles. The standard InChI is InChI=1S/C9H14INS/c1-3-4-8(11-2)7-5-9(10)12-6-7/h5-6,8,11H,3-4H2,1-2H3. The van der Waals surface area contributed by atoms with E-state index in [1.807, 2.05) is 18.4 Å². The van der Waals surface area contributed by atoms with Crippen LogP contribution in [0.15, 0.2) is 11.4 Å². The summed E-state index contributed by atoms with van der Waals surface area (Å²) in [5, 5.41) is 5.58. The summed E-state index contributed by atoms with van der Waals surface area (Å²) in [6.45, 7) is 2.22. The molecular formula is C9H14INS. The molecule has 1 rings (SSSR count). The second kappa shape index (κ2) is 5.19. The summed E-state index contributed by atoms with van der Waals surface area (Å²) in [5.41, 5.74) is 1.44. The van der Waals surface area contributed by atoms with Gasteiger partial charge in [0.1, 0.15) is 0 Å². The maximum atomic E-state index is 3.34. The van der Waals surface area contributed by atoms with Gasteiger partial charge in [0.15, 0.2) is 0 Å². The molecule has 0 aliphatic rings. The summed E-state index contributed by atoms with van der Waals surface area (Å²) in [5.74, 6) is 0. The monoisotopic (exact) mass is 295 g/mol. The highest BCUT2D eigenvalue weighted by Gasteiger charge is 2.08. The number of hydrogen-bond acceptors (Lipinski definition) is 2. The fourth-order valence-corrected chi connectivity index (χ4v) is 2.70. The van der Waals surface area contributed by atoms with Gasteiger partial charge in [-0.05, 0) is 53.1 Å². The average Bonchev–Trinajstić information content (AvgIpc) is 2.47. The fourth-order valence-electron chi connectivity index (χ4n) is 1.27. The van der Waals surface area contributed by atoms with E-state index >= 15 is 0 Å². The Balaban J connectivity index is 2.66. The molecule has 1 aromatic rings. The minimum Gasteiger partial charge on any atom is -0.313 e. The van der Waals surface area contributed by atoms with Crippen LogP contribution in [0.25, 0.3) is 0 Å². The van der Waals surface area contributed by atoms with Crippen LogP contribution in [0.3, 0.4) is 0 Å². The Kier molecular flexibility index (Phi) is 4.53. The third-order valence-corrected chi connectivity index (χ3v) is 3.72. The quantitative estimate of drug-likeness (QED) is 0.839. The fraction of sp³-hybridized carbons (Fsp3) is 0.556. The minimum atomic E-state index is 0.551. The number of nitrogens with one attached hydrogen (secondary N) is 1. The van der Waals surface area contributed by atoms with Crippen LogP contribution >= 0.6 is 33.9 Å². The zero-order valence-electron chi connectivity index (χ0n) is 7.43. The second-order valence-corrected chi connectivity index (χ2v) is 5.62. The largest absolute Gasteiger partial charge is 0.313 e. The third kappa shape index (κ3) is 2.71. The van der Waals surface area contributed by atoms with Crippen molar-refractivity contribution in [3.05, 3.63) is 19.9 Å². The molecule has 0 fully saturated rings. The van der Waals surface area contributed by atoms with E-state index in [9.17, 15) is 0 Å². The first-order valence-corrected chi connectivity index (χ1v) is 6.15. The molecule has 0 bridgehead atoms. The van der Waals surface area contributed by atoms with Crippen molar-refractivity contribution in [1.82, 2.24) is 5.32 Å². The van der Waals surface area contributed by atoms with Crippen LogP contribution < -0.4 is 5.32 Å². The zero-order chi connectivity index (χ0) is 8.97. The summed E-state index contributed by atoms with van der Waals surface area (Å²) < 4.78 is 1.37. The first-order chi connectivity index (χ1) is 5.77. The van der Waals surface area contributed by atoms with E-state index in [2.05, 4.69) is 46.3 Å². The Hall–Kier alpha value is 0.390. The van der Waals surface area contributed by atoms with E-state index in [-0.39, 0.29) is 0 Å². The second-order valence-electron chi connectivity index (χ2n) is 2.81. The van der Waals surface area contributed by atoms with E-state index in [1.165, 1.54) is 21.3 Å². The van der Waals surface area contributed by atoms with Gasteiger partial charge in [0.05, 0.1) is 2.88 Å². The molecule has 0 aliphatic carbocycles. The molecule has 1 unspecified atom stereocenters. The Morgan fingerprint density at radius 3 is 2.83 bits per heavy atom. The molecule has 3 heteroatoms. The van der Waals surface area contributed by atoms with Gasteiger partial charge in [-0.25, -0.2) is 0 Å². The molecule has 1 aromatic heterocycles. The van der Waals surface area contributed by atoms with Gasteiger partial charge in [-0.3, -0.25) is 0 Å². The van der Waals surface area contributed by atoms with Crippen molar-refractivity contribution in [3.63, 3.8) is 0 Å². The van der Waals surface area contributed by atoms with E-state index in [0.717, 1.165) is 0 Å². The van der Waals surface area contributed by atoms with Crippen LogP contribution in [0, 0.1) is 2.88 Å². The predicted octanol–water partition coefficient (Wildman–Crippen LogP) is 3.41. The molecule has 12 heavy (non-hydrogen) atoms. The molecule has 1 atom stereocenters. The van der Waals surface area contributed by atoms with Crippen molar-refractivity contribution in [2.45, 2.75) is 25.8 Å². The highest BCUT2D eigenvalue weighted by Crippen LogP contribution is 2.24. The maximum Gasteiger partial charge on any atom is 0.0656 e. The smallest absolute Gasteiger partial charge is 0.0656 e. The van der Waals surface area contributed by atoms with Gasteiger partial charge in [-0.2, -0.15) is 0 Å². The lowest BCUT2D eigenvalue weighted by atomic mass is 10.1. The first-order valence-electron chi connectivity index (χ1n) is 4.19. The third-order valence-electron chi connectivity index (χ3n) is 1.92. The van der Waals surface area contributed by atoms with Crippen molar-refractivity contribution in [1.29, 1.82) is 0 Å². The van der Waals surface area contributed by atoms with Crippen LogP contribution in [0.5, 0.6) is 0 Å². The van der Waals surface area contributed by atoms with Crippen molar-refractivity contribution in [3.8, 4) is 0 Å². The van der Waals surface area contributed by atoms with E-state index in [1.54, 1.807) is 0 Å². The average molecular weight is 295 g/mol. The van der Waals surface area contributed by atoms with Crippen molar-refractivity contribution >= 4 is 33.9 Å². The summed E-state index contributed by atoms with van der Waals surface area (Å²) >= 11 is 4.19. The normalized spacial score (nSPS) is 13.2. The Morgan fingerprint density at radius 1 is 1.67 bits per heavy atom. The summed E-state index contributed by atoms with van der Waals surface area (Å²) in [7, 11) is 2.03. The van der Waals surface area contributed by atoms with Crippen LogP contribution in [-0.2, 0) is 0 Å². The highest BCUT2D eigenvalue weighted by atomic mass is 127. The molecule has 0 radical (unpaired) electrons. The van der Waals surface area contributed by atoms with E-state index < -0.39 is 0 Å². The summed E-state index contributed by atoms with van der Waals surface area (Å²) in [6, 6.07) is 2.82. The Labute approximate surface area is 91.7 Å². The number of halogens is 1. The molecule has 0 aliphatic heterocycles. The molecule has 0 saturated heterocycles. The Bertz CT molecular complexity index is 234. The van der Waals surface area contributed by atoms with Gasteiger partial charge >= 0.3 is 0 Å². The van der Waals surface area contributed by atoms with Crippen LogP contribution in [0.4, 0.5) is 0 Å². The van der Waals surface area contributed by atoms with Crippen molar-refractivity contribution in [2.75, 3.05) is 7.05 Å². The SMILES string of the molecule is CCCC(NC)c1csc(I)c1. The topological polar surface area (TPSA) is 12.0 Å². The zero-order valence-corrected chi connectivity index (χ0v) is 10.4. The molecule has 0 saturated carbocycles. The van der Waals surface area contributed by atoms with Gasteiger partial charge in [0.2, 0.25) is 0 Å². The molecule has 1 nitrogen and oxygen atoms in total. The number of thiophene rings is 1. The molecule has 0 aromatic carbocycles. The lowest BCUT2D eigenvalue weighted by Gasteiger charge is -2.12. The Morgan fingerprint density at radius 2 is 2.42 bits per heavy atom. The minimum absolute atomic E-state index is 0.551. The lowest BCUT2D eigenvalue weighted by molar-refractivity contribution is 0.543. The van der Waals surface area contributed by atoms with Crippen molar-refractivity contribution < 1.29 is 0 Å². The summed E-state index contributed by atoms with van der Waals surface area (Å²) in [4.78, 5) is 0. The molecular weight excluding hydrogens is 281 g/mol. The van der Waals surface area contributed by atoms with Gasteiger partial charge in [0, 0.05) is 6.04 Å². The highest BCUT2D eigenvalue weighted by molar-refractivity contribution is 14.1. The van der Waals surface area contributed by atoms with Crippen LogP contribution in [0.2, 0.25) is 0 Å². The molecule has 0 spiro atoms. The van der Waals surface area contributed by atoms with Gasteiger partial charge in [0.25, 0.3) is 0 Å². The molecule has 68 valence electrons. The molecule has 0 amide bonds. The van der Waals surface area contributed by atoms with Crippen LogP contribution in [-0.4, -0.2) is 7.05 Å². The van der Waals surface area contributed by atoms with E-state index in [0.29, 0.717) is 6.04 Å². The number of rotatable bonds is 4. The van der Waals surface area contributed by atoms with E-state index in [4.69, 9.17) is 0 Å². The maximum absolute atomic E-state index is 3.34. The van der Waals surface area contributed by atoms with Gasteiger partial charge in [-0.1, -0.05) is 13.3 Å². The number of hydrogen-bond donors (Lipinski definition) is 1. The predicted molar refractivity (Wildman–Crippen MR) is 63.7 cm³/mol. The van der Waals surface area contributed by atoms with Gasteiger partial charge in [-0.15, -0.1) is 11.3 Å².